The Bertz CT molecular complexity index is 675. The third-order valence-corrected chi connectivity index (χ3v) is 6.12. The average molecular weight is 358 g/mol. The van der Waals surface area contributed by atoms with Gasteiger partial charge in [-0.05, 0) is 39.0 Å². The van der Waals surface area contributed by atoms with Crippen molar-refractivity contribution in [3.8, 4) is 0 Å². The summed E-state index contributed by atoms with van der Waals surface area (Å²) >= 11 is 0. The number of allylic oxidation sites excluding steroid dienone is 1. The minimum atomic E-state index is 0.277. The molecule has 0 aromatic carbocycles. The zero-order valence-electron chi connectivity index (χ0n) is 15.8. The van der Waals surface area contributed by atoms with Crippen LogP contribution in [0.1, 0.15) is 56.2 Å². The molecule has 1 aromatic rings. The van der Waals surface area contributed by atoms with Crippen molar-refractivity contribution in [3.63, 3.8) is 0 Å². The molecule has 0 bridgehead atoms. The number of ether oxygens (including phenoxy) is 1. The summed E-state index contributed by atoms with van der Waals surface area (Å²) in [6.45, 7) is 8.33. The van der Waals surface area contributed by atoms with Gasteiger partial charge in [-0.2, -0.15) is 5.10 Å². The maximum atomic E-state index is 12.9. The predicted octanol–water partition coefficient (Wildman–Crippen LogP) is 2.45. The smallest absolute Gasteiger partial charge is 0.249 e. The molecule has 6 heteroatoms. The molecule has 0 spiro atoms. The maximum absolute atomic E-state index is 12.9. The normalized spacial score (nSPS) is 25.1. The van der Waals surface area contributed by atoms with E-state index in [1.54, 1.807) is 0 Å². The quantitative estimate of drug-likeness (QED) is 0.898. The summed E-state index contributed by atoms with van der Waals surface area (Å²) in [4.78, 5) is 17.5. The molecule has 26 heavy (non-hydrogen) atoms. The first-order valence-corrected chi connectivity index (χ1v) is 10.0. The molecule has 1 aliphatic carbocycles. The fourth-order valence-electron chi connectivity index (χ4n) is 4.57. The highest BCUT2D eigenvalue weighted by Gasteiger charge is 2.30. The largest absolute Gasteiger partial charge is 0.379 e. The molecular weight excluding hydrogens is 328 g/mol. The van der Waals surface area contributed by atoms with Crippen molar-refractivity contribution >= 4 is 5.91 Å². The minimum absolute atomic E-state index is 0.277. The van der Waals surface area contributed by atoms with Crippen LogP contribution < -0.4 is 0 Å². The fourth-order valence-corrected chi connectivity index (χ4v) is 4.57. The van der Waals surface area contributed by atoms with Crippen LogP contribution in [0.25, 0.3) is 0 Å². The number of hydrogen-bond donors (Lipinski definition) is 1. The summed E-state index contributed by atoms with van der Waals surface area (Å²) in [5.74, 6) is 0.646. The van der Waals surface area contributed by atoms with E-state index in [0.29, 0.717) is 5.92 Å². The lowest BCUT2D eigenvalue weighted by molar-refractivity contribution is -0.128. The van der Waals surface area contributed by atoms with Crippen molar-refractivity contribution in [1.82, 2.24) is 20.0 Å². The number of aromatic amines is 1. The molecule has 2 aliphatic heterocycles. The van der Waals surface area contributed by atoms with Crippen LogP contribution in [0.4, 0.5) is 0 Å². The van der Waals surface area contributed by atoms with Crippen LogP contribution in [0.3, 0.4) is 0 Å². The van der Waals surface area contributed by atoms with E-state index in [4.69, 9.17) is 4.74 Å². The Hall–Kier alpha value is -1.66. The average Bonchev–Trinajstić information content (AvgIpc) is 3.31. The zero-order chi connectivity index (χ0) is 17.9. The number of aromatic nitrogens is 2. The van der Waals surface area contributed by atoms with E-state index in [0.717, 1.165) is 83.6 Å². The molecule has 2 fully saturated rings. The highest BCUT2D eigenvalue weighted by molar-refractivity contribution is 5.94. The van der Waals surface area contributed by atoms with E-state index < -0.39 is 0 Å². The van der Waals surface area contributed by atoms with Crippen LogP contribution in [0, 0.1) is 0 Å². The van der Waals surface area contributed by atoms with Crippen molar-refractivity contribution < 1.29 is 9.53 Å². The number of rotatable bonds is 4. The number of H-pyrrole nitrogens is 1. The molecule has 4 rings (SSSR count). The van der Waals surface area contributed by atoms with E-state index in [1.807, 2.05) is 6.20 Å². The maximum Gasteiger partial charge on any atom is 0.249 e. The van der Waals surface area contributed by atoms with Crippen LogP contribution in [0.15, 0.2) is 17.3 Å². The number of hydrogen-bond acceptors (Lipinski definition) is 4. The molecule has 3 heterocycles. The van der Waals surface area contributed by atoms with Gasteiger partial charge in [-0.25, -0.2) is 0 Å². The van der Waals surface area contributed by atoms with Crippen LogP contribution in [0.2, 0.25) is 0 Å². The molecule has 0 saturated carbocycles. The third kappa shape index (κ3) is 3.71. The van der Waals surface area contributed by atoms with E-state index in [1.165, 1.54) is 16.8 Å². The van der Waals surface area contributed by atoms with Gasteiger partial charge in [-0.15, -0.1) is 0 Å². The van der Waals surface area contributed by atoms with E-state index in [2.05, 4.69) is 26.9 Å². The second kappa shape index (κ2) is 7.92. The number of morpholine rings is 1. The number of nitrogens with zero attached hydrogens (tertiary/aromatic N) is 3. The molecule has 142 valence electrons. The van der Waals surface area contributed by atoms with Crippen molar-refractivity contribution in [2.24, 2.45) is 0 Å². The summed E-state index contributed by atoms with van der Waals surface area (Å²) in [5.41, 5.74) is 4.88. The summed E-state index contributed by atoms with van der Waals surface area (Å²) in [6.07, 6.45) is 7.34. The fraction of sp³-hybridized carbons (Fsp3) is 0.700. The van der Waals surface area contributed by atoms with Crippen molar-refractivity contribution in [2.45, 2.75) is 51.5 Å². The van der Waals surface area contributed by atoms with Gasteiger partial charge >= 0.3 is 0 Å². The zero-order valence-corrected chi connectivity index (χ0v) is 15.8. The first kappa shape index (κ1) is 17.7. The number of likely N-dealkylation sites (tertiary alicyclic amines) is 1. The summed E-state index contributed by atoms with van der Waals surface area (Å²) < 4.78 is 5.45. The molecule has 1 N–H and O–H groups in total. The Morgan fingerprint density at radius 3 is 2.88 bits per heavy atom. The van der Waals surface area contributed by atoms with E-state index in [-0.39, 0.29) is 5.91 Å². The summed E-state index contributed by atoms with van der Waals surface area (Å²) in [6, 6.07) is 0. The van der Waals surface area contributed by atoms with Crippen LogP contribution in [-0.2, 0) is 16.1 Å². The first-order chi connectivity index (χ1) is 12.7. The standard InChI is InChI=1S/C20H30N4O2/c1-15-4-2-6-18(15)20(25)24-7-3-5-16(14-24)19-17(12-21-22-19)13-23-8-10-26-11-9-23/h12,16H,2-11,13-14H2,1H3,(H,21,22)/t16-/m1/s1. The van der Waals surface area contributed by atoms with Gasteiger partial charge in [0.1, 0.15) is 0 Å². The van der Waals surface area contributed by atoms with Gasteiger partial charge < -0.3 is 9.64 Å². The lowest BCUT2D eigenvalue weighted by Gasteiger charge is -2.34. The molecule has 0 radical (unpaired) electrons. The first-order valence-electron chi connectivity index (χ1n) is 10.0. The van der Waals surface area contributed by atoms with Gasteiger partial charge in [0.2, 0.25) is 5.91 Å². The second-order valence-electron chi connectivity index (χ2n) is 7.90. The molecule has 2 saturated heterocycles. The van der Waals surface area contributed by atoms with Crippen LogP contribution >= 0.6 is 0 Å². The summed E-state index contributed by atoms with van der Waals surface area (Å²) in [7, 11) is 0. The van der Waals surface area contributed by atoms with Gasteiger partial charge in [0, 0.05) is 55.5 Å². The minimum Gasteiger partial charge on any atom is -0.379 e. The van der Waals surface area contributed by atoms with Gasteiger partial charge in [0.05, 0.1) is 19.4 Å². The Kier molecular flexibility index (Phi) is 5.41. The summed E-state index contributed by atoms with van der Waals surface area (Å²) in [5, 5.41) is 7.57. The highest BCUT2D eigenvalue weighted by Crippen LogP contribution is 2.32. The van der Waals surface area contributed by atoms with Gasteiger partial charge in [0.15, 0.2) is 0 Å². The second-order valence-corrected chi connectivity index (χ2v) is 7.90. The van der Waals surface area contributed by atoms with Gasteiger partial charge in [0.25, 0.3) is 0 Å². The van der Waals surface area contributed by atoms with Crippen LogP contribution in [-0.4, -0.2) is 65.3 Å². The number of nitrogens with one attached hydrogen (secondary N) is 1. The van der Waals surface area contributed by atoms with Crippen molar-refractivity contribution in [3.05, 3.63) is 28.6 Å². The lowest BCUT2D eigenvalue weighted by Crippen LogP contribution is -2.40. The predicted molar refractivity (Wildman–Crippen MR) is 99.8 cm³/mol. The van der Waals surface area contributed by atoms with Crippen molar-refractivity contribution in [1.29, 1.82) is 0 Å². The molecule has 1 atom stereocenters. The lowest BCUT2D eigenvalue weighted by atomic mass is 9.91. The Balaban J connectivity index is 1.44. The molecular formula is C20H30N4O2. The topological polar surface area (TPSA) is 61.5 Å². The number of amides is 1. The van der Waals surface area contributed by atoms with Gasteiger partial charge in [-0.1, -0.05) is 5.57 Å². The van der Waals surface area contributed by atoms with Crippen molar-refractivity contribution in [2.75, 3.05) is 39.4 Å². The third-order valence-electron chi connectivity index (χ3n) is 6.12. The van der Waals surface area contributed by atoms with E-state index >= 15 is 0 Å². The Labute approximate surface area is 155 Å². The molecule has 6 nitrogen and oxygen atoms in total. The molecule has 1 amide bonds. The van der Waals surface area contributed by atoms with Crippen LogP contribution in [0.5, 0.6) is 0 Å². The SMILES string of the molecule is CC1=C(C(=O)N2CCC[C@@H](c3[nH]ncc3CN3CCOCC3)C2)CCC1. The Morgan fingerprint density at radius 2 is 2.12 bits per heavy atom. The monoisotopic (exact) mass is 358 g/mol. The molecule has 1 aromatic heterocycles. The van der Waals surface area contributed by atoms with E-state index in [9.17, 15) is 4.79 Å². The number of piperidine rings is 1. The van der Waals surface area contributed by atoms with Gasteiger partial charge in [-0.3, -0.25) is 14.8 Å². The number of carbonyl (C=O) groups is 1. The number of carbonyl (C=O) groups excluding carboxylic acids is 1. The highest BCUT2D eigenvalue weighted by atomic mass is 16.5. The molecule has 0 unspecified atom stereocenters. The molecule has 3 aliphatic rings. The Morgan fingerprint density at radius 1 is 1.27 bits per heavy atom.